The molecule has 1 aromatic carbocycles. The van der Waals surface area contributed by atoms with Crippen molar-refractivity contribution in [3.05, 3.63) is 30.1 Å². The third kappa shape index (κ3) is 3.50. The topological polar surface area (TPSA) is 63.7 Å². The molecule has 4 atom stereocenters. The highest BCUT2D eigenvalue weighted by Crippen LogP contribution is 2.61. The summed E-state index contributed by atoms with van der Waals surface area (Å²) in [6, 6.07) is 5.40. The van der Waals surface area contributed by atoms with E-state index in [1.165, 1.54) is 28.9 Å². The van der Waals surface area contributed by atoms with E-state index in [9.17, 15) is 17.6 Å². The van der Waals surface area contributed by atoms with Gasteiger partial charge in [0.05, 0.1) is 5.92 Å². The van der Waals surface area contributed by atoms with Crippen LogP contribution in [0, 0.1) is 34.9 Å². The van der Waals surface area contributed by atoms with Crippen LogP contribution in [0.25, 0.3) is 0 Å². The smallest absolute Gasteiger partial charge is 0.309 e. The van der Waals surface area contributed by atoms with Crippen LogP contribution in [-0.4, -0.2) is 37.9 Å². The van der Waals surface area contributed by atoms with Gasteiger partial charge >= 0.3 is 5.97 Å². The number of nitrogens with zero attached hydrogens (tertiary/aromatic N) is 1. The molecular weight excluding hydrogens is 393 g/mol. The highest BCUT2D eigenvalue weighted by Gasteiger charge is 2.57. The van der Waals surface area contributed by atoms with Crippen molar-refractivity contribution in [1.82, 2.24) is 4.31 Å². The van der Waals surface area contributed by atoms with Gasteiger partial charge in [-0.25, -0.2) is 12.8 Å². The maximum Gasteiger partial charge on any atom is 0.309 e. The van der Waals surface area contributed by atoms with E-state index in [0.29, 0.717) is 36.0 Å². The van der Waals surface area contributed by atoms with Crippen molar-refractivity contribution in [2.45, 2.75) is 57.5 Å². The number of hydrogen-bond donors (Lipinski definition) is 0. The summed E-state index contributed by atoms with van der Waals surface area (Å²) >= 11 is 0. The Labute approximate surface area is 172 Å². The molecule has 1 saturated heterocycles. The summed E-state index contributed by atoms with van der Waals surface area (Å²) in [6.07, 6.45) is 2.95. The molecule has 4 aliphatic rings. The van der Waals surface area contributed by atoms with E-state index >= 15 is 0 Å². The van der Waals surface area contributed by atoms with Crippen LogP contribution in [0.15, 0.2) is 29.2 Å². The van der Waals surface area contributed by atoms with Crippen LogP contribution < -0.4 is 0 Å². The zero-order chi connectivity index (χ0) is 21.0. The van der Waals surface area contributed by atoms with Gasteiger partial charge in [0.1, 0.15) is 16.8 Å². The molecular formula is C22H30FNO4S. The predicted octanol–water partition coefficient (Wildman–Crippen LogP) is 3.84. The van der Waals surface area contributed by atoms with Gasteiger partial charge in [-0.05, 0) is 61.0 Å². The number of hydrogen-bond acceptors (Lipinski definition) is 4. The zero-order valence-corrected chi connectivity index (χ0v) is 18.1. The average molecular weight is 424 g/mol. The monoisotopic (exact) mass is 423 g/mol. The van der Waals surface area contributed by atoms with Crippen LogP contribution >= 0.6 is 0 Å². The lowest BCUT2D eigenvalue weighted by Gasteiger charge is -2.61. The lowest BCUT2D eigenvalue weighted by atomic mass is 9.45. The Morgan fingerprint density at radius 1 is 1.17 bits per heavy atom. The van der Waals surface area contributed by atoms with Gasteiger partial charge < -0.3 is 4.74 Å². The van der Waals surface area contributed by atoms with E-state index < -0.39 is 15.8 Å². The molecule has 29 heavy (non-hydrogen) atoms. The number of fused-ring (bicyclic) bond motifs is 2. The second-order valence-corrected chi connectivity index (χ2v) is 11.4. The molecule has 4 fully saturated rings. The van der Waals surface area contributed by atoms with Crippen molar-refractivity contribution >= 4 is 16.0 Å². The molecule has 1 aromatic rings. The van der Waals surface area contributed by atoms with Gasteiger partial charge in [-0.3, -0.25) is 4.79 Å². The molecule has 3 aliphatic carbocycles. The first kappa shape index (κ1) is 20.8. The lowest BCUT2D eigenvalue weighted by Crippen LogP contribution is -2.57. The van der Waals surface area contributed by atoms with Gasteiger partial charge in [0, 0.05) is 13.1 Å². The van der Waals surface area contributed by atoms with E-state index in [0.717, 1.165) is 12.5 Å². The van der Waals surface area contributed by atoms with Crippen LogP contribution in [0.1, 0.15) is 46.5 Å². The number of esters is 1. The second-order valence-electron chi connectivity index (χ2n) is 9.54. The Morgan fingerprint density at radius 2 is 1.83 bits per heavy atom. The normalized spacial score (nSPS) is 32.4. The van der Waals surface area contributed by atoms with Crippen LogP contribution in [0.5, 0.6) is 0 Å². The Hall–Kier alpha value is -1.47. The number of ether oxygens (including phenoxy) is 1. The first-order chi connectivity index (χ1) is 13.6. The van der Waals surface area contributed by atoms with E-state index in [4.69, 9.17) is 4.74 Å². The predicted molar refractivity (Wildman–Crippen MR) is 107 cm³/mol. The van der Waals surface area contributed by atoms with E-state index in [1.54, 1.807) is 0 Å². The standard InChI is InChI=1S/C22H30FNO4S/c1-14-17-12-16(22(17,2)3)13-19(14)28-21(25)15-8-10-24(11-9-15)29(26,27)20-7-5-4-6-18(20)23/h4-7,14-17,19H,8-13H2,1-3H3/t14-,16+,17+,19+/m0/s1. The molecule has 0 radical (unpaired) electrons. The summed E-state index contributed by atoms with van der Waals surface area (Å²) in [4.78, 5) is 12.4. The average Bonchev–Trinajstić information content (AvgIpc) is 2.69. The third-order valence-corrected chi connectivity index (χ3v) is 9.73. The van der Waals surface area contributed by atoms with Gasteiger partial charge in [0.25, 0.3) is 0 Å². The van der Waals surface area contributed by atoms with Gasteiger partial charge in [-0.15, -0.1) is 0 Å². The van der Waals surface area contributed by atoms with Crippen LogP contribution in [0.4, 0.5) is 4.39 Å². The molecule has 0 spiro atoms. The largest absolute Gasteiger partial charge is 0.462 e. The fourth-order valence-electron chi connectivity index (χ4n) is 5.63. The van der Waals surface area contributed by atoms with Gasteiger partial charge in [-0.2, -0.15) is 4.31 Å². The minimum atomic E-state index is -3.89. The van der Waals surface area contributed by atoms with Gasteiger partial charge in [-0.1, -0.05) is 32.9 Å². The van der Waals surface area contributed by atoms with E-state index in [1.807, 2.05) is 0 Å². The van der Waals surface area contributed by atoms with Crippen molar-refractivity contribution in [2.75, 3.05) is 13.1 Å². The molecule has 160 valence electrons. The summed E-state index contributed by atoms with van der Waals surface area (Å²) in [6.45, 7) is 7.21. The van der Waals surface area contributed by atoms with Gasteiger partial charge in [0.15, 0.2) is 0 Å². The first-order valence-electron chi connectivity index (χ1n) is 10.6. The molecule has 0 N–H and O–H groups in total. The number of carbonyl (C=O) groups excluding carboxylic acids is 1. The lowest BCUT2D eigenvalue weighted by molar-refractivity contribution is -0.190. The summed E-state index contributed by atoms with van der Waals surface area (Å²) in [5.74, 6) is 0.341. The molecule has 5 rings (SSSR count). The minimum Gasteiger partial charge on any atom is -0.462 e. The number of carbonyl (C=O) groups is 1. The van der Waals surface area contributed by atoms with Gasteiger partial charge in [0.2, 0.25) is 10.0 Å². The van der Waals surface area contributed by atoms with E-state index in [-0.39, 0.29) is 36.0 Å². The Kier molecular flexibility index (Phi) is 5.26. The molecule has 7 heteroatoms. The molecule has 1 heterocycles. The Balaban J connectivity index is 1.34. The third-order valence-electron chi connectivity index (χ3n) is 7.79. The molecule has 3 saturated carbocycles. The Bertz CT molecular complexity index is 892. The molecule has 2 bridgehead atoms. The number of piperidine rings is 1. The highest BCUT2D eigenvalue weighted by atomic mass is 32.2. The fourth-order valence-corrected chi connectivity index (χ4v) is 7.16. The highest BCUT2D eigenvalue weighted by molar-refractivity contribution is 7.89. The maximum atomic E-state index is 14.0. The SMILES string of the molecule is C[C@H]1[C@H]2C[C@H](C[C@H]1OC(=O)C1CCN(S(=O)(=O)c3ccccc3F)CC1)C2(C)C. The summed E-state index contributed by atoms with van der Waals surface area (Å²) in [5.41, 5.74) is 0.342. The summed E-state index contributed by atoms with van der Waals surface area (Å²) < 4.78 is 46.6. The van der Waals surface area contributed by atoms with Crippen molar-refractivity contribution in [3.8, 4) is 0 Å². The second kappa shape index (κ2) is 7.34. The van der Waals surface area contributed by atoms with Crippen LogP contribution in [-0.2, 0) is 19.6 Å². The number of rotatable bonds is 4. The number of halogens is 1. The first-order valence-corrected chi connectivity index (χ1v) is 12.0. The quantitative estimate of drug-likeness (QED) is 0.691. The molecule has 0 aromatic heterocycles. The maximum absolute atomic E-state index is 14.0. The van der Waals surface area contributed by atoms with Crippen LogP contribution in [0.3, 0.4) is 0 Å². The van der Waals surface area contributed by atoms with Crippen LogP contribution in [0.2, 0.25) is 0 Å². The van der Waals surface area contributed by atoms with Crippen molar-refractivity contribution in [3.63, 3.8) is 0 Å². The molecule has 1 aliphatic heterocycles. The molecule has 0 amide bonds. The summed E-state index contributed by atoms with van der Waals surface area (Å²) in [7, 11) is -3.89. The molecule has 5 nitrogen and oxygen atoms in total. The Morgan fingerprint density at radius 3 is 2.41 bits per heavy atom. The van der Waals surface area contributed by atoms with Crippen molar-refractivity contribution in [2.24, 2.45) is 29.1 Å². The van der Waals surface area contributed by atoms with E-state index in [2.05, 4.69) is 20.8 Å². The summed E-state index contributed by atoms with van der Waals surface area (Å²) in [5, 5.41) is 0. The van der Waals surface area contributed by atoms with Crippen molar-refractivity contribution < 1.29 is 22.3 Å². The number of benzene rings is 1. The minimum absolute atomic E-state index is 0.0283. The number of sulfonamides is 1. The zero-order valence-electron chi connectivity index (χ0n) is 17.3. The fraction of sp³-hybridized carbons (Fsp3) is 0.682. The van der Waals surface area contributed by atoms with Crippen molar-refractivity contribution in [1.29, 1.82) is 0 Å². The molecule has 0 unspecified atom stereocenters.